The predicted octanol–water partition coefficient (Wildman–Crippen LogP) is 7.00. The van der Waals surface area contributed by atoms with Gasteiger partial charge in [-0.2, -0.15) is 0 Å². The molecule has 3 aromatic carbocycles. The molecule has 6 nitrogen and oxygen atoms in total. The second kappa shape index (κ2) is 25.7. The molecule has 0 heterocycles. The van der Waals surface area contributed by atoms with Crippen molar-refractivity contribution in [2.24, 2.45) is 0 Å². The third-order valence-corrected chi connectivity index (χ3v) is 7.46. The Morgan fingerprint density at radius 3 is 1.00 bits per heavy atom. The van der Waals surface area contributed by atoms with Gasteiger partial charge in [-0.1, -0.05) is 144 Å². The molecule has 0 N–H and O–H groups in total. The lowest BCUT2D eigenvalue weighted by molar-refractivity contribution is -0.929. The first kappa shape index (κ1) is 42.5. The molecule has 0 aromatic heterocycles. The van der Waals surface area contributed by atoms with Gasteiger partial charge in [-0.3, -0.25) is 0 Å². The molecule has 0 unspecified atom stereocenters. The summed E-state index contributed by atoms with van der Waals surface area (Å²) in [7, 11) is 6.60. The number of benzene rings is 3. The molecule has 3 aromatic rings. The van der Waals surface area contributed by atoms with Gasteiger partial charge in [-0.15, -0.1) is 0 Å². The van der Waals surface area contributed by atoms with E-state index in [1.807, 2.05) is 0 Å². The van der Waals surface area contributed by atoms with Gasteiger partial charge in [0.15, 0.2) is 0 Å². The molecule has 0 aliphatic heterocycles. The topological polar surface area (TPSA) is 80.3 Å². The number of carbonyl (C=O) groups excluding carboxylic acids is 2. The van der Waals surface area contributed by atoms with Crippen molar-refractivity contribution in [2.75, 3.05) is 47.3 Å². The number of rotatable bonds is 16. The Hall–Kier alpha value is -3.48. The summed E-state index contributed by atoms with van der Waals surface area (Å²) >= 11 is 0. The van der Waals surface area contributed by atoms with Crippen molar-refractivity contribution in [1.29, 1.82) is 0 Å². The van der Waals surface area contributed by atoms with E-state index in [0.717, 1.165) is 11.0 Å². The van der Waals surface area contributed by atoms with Crippen LogP contribution in [0.15, 0.2) is 91.0 Å². The van der Waals surface area contributed by atoms with Crippen LogP contribution in [0.5, 0.6) is 0 Å². The molecule has 3 rings (SSSR count). The lowest BCUT2D eigenvalue weighted by Gasteiger charge is -2.39. The lowest BCUT2D eigenvalue weighted by Crippen LogP contribution is -2.50. The van der Waals surface area contributed by atoms with Gasteiger partial charge in [-0.25, -0.2) is 0 Å². The summed E-state index contributed by atoms with van der Waals surface area (Å²) < 4.78 is 2.41. The summed E-state index contributed by atoms with van der Waals surface area (Å²) in [5, 5.41) is 20.2. The Morgan fingerprint density at radius 1 is 0.500 bits per heavy atom. The first-order valence-electron chi connectivity index (χ1n) is 17.2. The highest BCUT2D eigenvalue weighted by molar-refractivity contribution is 5.85. The van der Waals surface area contributed by atoms with Crippen molar-refractivity contribution in [1.82, 2.24) is 0 Å². The average Bonchev–Trinajstić information content (AvgIpc) is 3.05. The molecule has 0 atom stereocenters. The van der Waals surface area contributed by atoms with E-state index in [9.17, 15) is 19.8 Å². The first-order valence-corrected chi connectivity index (χ1v) is 17.2. The Labute approximate surface area is 280 Å². The van der Waals surface area contributed by atoms with E-state index in [0.29, 0.717) is 0 Å². The van der Waals surface area contributed by atoms with Gasteiger partial charge < -0.3 is 28.8 Å². The number of nitrogens with zero attached hydrogens (tertiary/aromatic N) is 2. The van der Waals surface area contributed by atoms with Crippen LogP contribution in [0.1, 0.15) is 105 Å². The fourth-order valence-electron chi connectivity index (χ4n) is 4.92. The largest absolute Gasteiger partial charge is 0.545 e. The Kier molecular flexibility index (Phi) is 23.7. The van der Waals surface area contributed by atoms with Crippen LogP contribution in [0.25, 0.3) is 0 Å². The number of hydrogen-bond acceptors (Lipinski definition) is 4. The van der Waals surface area contributed by atoms with Gasteiger partial charge in [-0.05, 0) is 36.8 Å². The Morgan fingerprint density at radius 2 is 0.783 bits per heavy atom. The van der Waals surface area contributed by atoms with E-state index < -0.39 is 11.9 Å². The van der Waals surface area contributed by atoms with Crippen molar-refractivity contribution in [3.8, 4) is 0 Å². The third-order valence-electron chi connectivity index (χ3n) is 7.46. The van der Waals surface area contributed by atoms with Gasteiger partial charge in [0, 0.05) is 5.56 Å². The van der Waals surface area contributed by atoms with Gasteiger partial charge in [0.2, 0.25) is 0 Å². The van der Waals surface area contributed by atoms with Crippen molar-refractivity contribution in [3.05, 3.63) is 108 Å². The van der Waals surface area contributed by atoms with E-state index in [4.69, 9.17) is 0 Å². The zero-order valence-electron chi connectivity index (χ0n) is 29.9. The van der Waals surface area contributed by atoms with E-state index in [2.05, 4.69) is 79.2 Å². The quantitative estimate of drug-likeness (QED) is 0.159. The number of carboxylic acid groups (broad SMARTS) is 2. The molecule has 46 heavy (non-hydrogen) atoms. The smallest absolute Gasteiger partial charge is 0.104 e. The fourth-order valence-corrected chi connectivity index (χ4v) is 4.92. The first-order chi connectivity index (χ1) is 21.9. The van der Waals surface area contributed by atoms with Crippen LogP contribution in [0.4, 0.5) is 0 Å². The van der Waals surface area contributed by atoms with Crippen LogP contribution in [-0.2, 0) is 6.54 Å². The van der Waals surface area contributed by atoms with Gasteiger partial charge in [0.25, 0.3) is 0 Å². The summed E-state index contributed by atoms with van der Waals surface area (Å²) in [4.78, 5) is 20.2. The molecular weight excluding hydrogens is 572 g/mol. The van der Waals surface area contributed by atoms with Crippen LogP contribution in [0, 0.1) is 0 Å². The van der Waals surface area contributed by atoms with Gasteiger partial charge >= 0.3 is 0 Å². The molecule has 0 saturated heterocycles. The van der Waals surface area contributed by atoms with Crippen LogP contribution in [-0.4, -0.2) is 68.2 Å². The minimum atomic E-state index is -1.13. The molecule has 0 radical (unpaired) electrons. The summed E-state index contributed by atoms with van der Waals surface area (Å²) in [6.07, 6.45) is 11.1. The highest BCUT2D eigenvalue weighted by Gasteiger charge is 2.24. The van der Waals surface area contributed by atoms with Crippen LogP contribution in [0.2, 0.25) is 0 Å². The normalized spacial score (nSPS) is 10.7. The molecule has 0 saturated carbocycles. The van der Waals surface area contributed by atoms with E-state index in [1.54, 1.807) is 36.4 Å². The highest BCUT2D eigenvalue weighted by atomic mass is 16.4. The maximum atomic E-state index is 10.1. The number of quaternary nitrogens is 2. The third kappa shape index (κ3) is 22.1. The number of aromatic carboxylic acids is 2. The molecule has 0 bridgehead atoms. The monoisotopic (exact) mass is 634 g/mol. The number of unbranched alkanes of at least 4 members (excludes halogenated alkanes) is 4. The summed E-state index contributed by atoms with van der Waals surface area (Å²) in [5.74, 6) is -2.26. The van der Waals surface area contributed by atoms with E-state index >= 15 is 0 Å². The SMILES string of the molecule is CCCC[N+](CCCC)(CCCC)CCCC.C[N+](C)(C)Cc1ccccc1.O=C([O-])c1ccccc1.O=C([O-])c1ccccc1. The van der Waals surface area contributed by atoms with E-state index in [-0.39, 0.29) is 11.1 Å². The standard InChI is InChI=1S/C16H36N.C10H16N.2C7H6O2/c1-5-9-13-17(14-10-6-2,15-11-7-3)16-12-8-4;1-11(2,3)9-10-7-5-4-6-8-10;2*8-7(9)6-4-2-1-3-5-6/h5-16H2,1-4H3;4-8H,9H2,1-3H3;2*1-5H,(H,8,9)/q2*+1;;/p-2. The summed E-state index contributed by atoms with van der Waals surface area (Å²) in [5.41, 5.74) is 1.84. The van der Waals surface area contributed by atoms with Crippen molar-refractivity contribution in [2.45, 2.75) is 85.6 Å². The summed E-state index contributed by atoms with van der Waals surface area (Å²) in [6, 6.07) is 26.7. The molecule has 0 fully saturated rings. The predicted molar refractivity (Wildman–Crippen MR) is 189 cm³/mol. The molecular formula is C40H62N2O4. The van der Waals surface area contributed by atoms with Gasteiger partial charge in [0.1, 0.15) is 6.54 Å². The minimum absolute atomic E-state index is 0.220. The van der Waals surface area contributed by atoms with Crippen molar-refractivity contribution < 1.29 is 28.8 Å². The molecule has 0 aliphatic rings. The highest BCUT2D eigenvalue weighted by Crippen LogP contribution is 2.16. The zero-order valence-corrected chi connectivity index (χ0v) is 29.9. The van der Waals surface area contributed by atoms with Crippen LogP contribution < -0.4 is 10.2 Å². The molecule has 0 amide bonds. The Balaban J connectivity index is 0.000000609. The van der Waals surface area contributed by atoms with Crippen LogP contribution >= 0.6 is 0 Å². The minimum Gasteiger partial charge on any atom is -0.545 e. The molecule has 0 aliphatic carbocycles. The fraction of sp³-hybridized carbons (Fsp3) is 0.500. The van der Waals surface area contributed by atoms with Crippen molar-refractivity contribution in [3.63, 3.8) is 0 Å². The number of carbonyl (C=O) groups is 2. The van der Waals surface area contributed by atoms with Gasteiger partial charge in [0.05, 0.1) is 59.3 Å². The molecule has 0 spiro atoms. The second-order valence-corrected chi connectivity index (χ2v) is 12.9. The molecule has 6 heteroatoms. The second-order valence-electron chi connectivity index (χ2n) is 12.9. The van der Waals surface area contributed by atoms with E-state index in [1.165, 1.54) is 112 Å². The average molecular weight is 635 g/mol. The maximum Gasteiger partial charge on any atom is 0.104 e. The lowest BCUT2D eigenvalue weighted by atomic mass is 10.1. The van der Waals surface area contributed by atoms with Crippen molar-refractivity contribution >= 4 is 11.9 Å². The molecule has 256 valence electrons. The van der Waals surface area contributed by atoms with Crippen LogP contribution in [0.3, 0.4) is 0 Å². The Bertz CT molecular complexity index is 1060. The number of carboxylic acids is 2. The maximum absolute atomic E-state index is 10.1. The zero-order chi connectivity index (χ0) is 34.7. The summed E-state index contributed by atoms with van der Waals surface area (Å²) in [6.45, 7) is 16.1. The number of hydrogen-bond donors (Lipinski definition) is 0.